The Morgan fingerprint density at radius 1 is 1.28 bits per heavy atom. The van der Waals surface area contributed by atoms with Gasteiger partial charge < -0.3 is 4.74 Å². The lowest BCUT2D eigenvalue weighted by molar-refractivity contribution is 0.422. The van der Waals surface area contributed by atoms with E-state index in [4.69, 9.17) is 16.3 Å². The number of rotatable bonds is 4. The Hall–Kier alpha value is -1.61. The summed E-state index contributed by atoms with van der Waals surface area (Å²) in [5.41, 5.74) is 1.23. The Morgan fingerprint density at radius 3 is 2.61 bits per heavy atom. The maximum absolute atomic E-state index is 13.5. The summed E-state index contributed by atoms with van der Waals surface area (Å²) in [6, 6.07) is 8.72. The Kier molecular flexibility index (Phi) is 4.15. The van der Waals surface area contributed by atoms with Crippen molar-refractivity contribution in [2.45, 2.75) is 19.8 Å². The molecule has 4 heteroatoms. The normalized spacial score (nSPS) is 10.4. The lowest BCUT2D eigenvalue weighted by atomic mass is 10.1. The quantitative estimate of drug-likeness (QED) is 0.805. The van der Waals surface area contributed by atoms with E-state index >= 15 is 0 Å². The van der Waals surface area contributed by atoms with Gasteiger partial charge in [-0.1, -0.05) is 37.1 Å². The van der Waals surface area contributed by atoms with Crippen molar-refractivity contribution >= 4 is 11.6 Å². The number of hydrogen-bond acceptors (Lipinski definition) is 2. The van der Waals surface area contributed by atoms with Gasteiger partial charge in [0, 0.05) is 6.20 Å². The predicted molar refractivity (Wildman–Crippen MR) is 69.7 cm³/mol. The minimum absolute atomic E-state index is 0.0670. The van der Waals surface area contributed by atoms with Gasteiger partial charge in [-0.25, -0.2) is 9.37 Å². The summed E-state index contributed by atoms with van der Waals surface area (Å²) in [5, 5.41) is 0.248. The fourth-order valence-corrected chi connectivity index (χ4v) is 1.75. The van der Waals surface area contributed by atoms with Crippen LogP contribution in [0.25, 0.3) is 0 Å². The van der Waals surface area contributed by atoms with E-state index in [0.29, 0.717) is 5.75 Å². The molecule has 0 aliphatic rings. The molecule has 0 bridgehead atoms. The van der Waals surface area contributed by atoms with E-state index in [1.54, 1.807) is 12.1 Å². The van der Waals surface area contributed by atoms with Gasteiger partial charge >= 0.3 is 0 Å². The van der Waals surface area contributed by atoms with E-state index in [1.807, 2.05) is 12.1 Å². The number of hydrogen-bond donors (Lipinski definition) is 0. The topological polar surface area (TPSA) is 22.1 Å². The molecular formula is C14H13ClFNO. The minimum atomic E-state index is -0.569. The smallest absolute Gasteiger partial charge is 0.255 e. The van der Waals surface area contributed by atoms with E-state index in [0.717, 1.165) is 12.8 Å². The molecule has 94 valence electrons. The fourth-order valence-electron chi connectivity index (χ4n) is 1.60. The van der Waals surface area contributed by atoms with Gasteiger partial charge in [-0.3, -0.25) is 0 Å². The molecule has 0 amide bonds. The van der Waals surface area contributed by atoms with Crippen molar-refractivity contribution in [3.63, 3.8) is 0 Å². The largest absolute Gasteiger partial charge is 0.436 e. The van der Waals surface area contributed by atoms with Crippen LogP contribution in [0, 0.1) is 5.82 Å². The van der Waals surface area contributed by atoms with Gasteiger partial charge in [0.25, 0.3) is 5.88 Å². The number of aryl methyl sites for hydroxylation is 1. The monoisotopic (exact) mass is 265 g/mol. The van der Waals surface area contributed by atoms with Crippen molar-refractivity contribution in [1.82, 2.24) is 4.98 Å². The van der Waals surface area contributed by atoms with Crippen molar-refractivity contribution in [2.75, 3.05) is 0 Å². The zero-order valence-electron chi connectivity index (χ0n) is 9.99. The molecule has 0 saturated carbocycles. The Morgan fingerprint density at radius 2 is 2.00 bits per heavy atom. The van der Waals surface area contributed by atoms with Crippen LogP contribution >= 0.6 is 11.6 Å². The SMILES string of the molecule is CCCc1ccc(Oc2ncc(Cl)cc2F)cc1. The summed E-state index contributed by atoms with van der Waals surface area (Å²) in [6.07, 6.45) is 3.47. The number of benzene rings is 1. The van der Waals surface area contributed by atoms with Crippen molar-refractivity contribution in [1.29, 1.82) is 0 Å². The molecule has 18 heavy (non-hydrogen) atoms. The van der Waals surface area contributed by atoms with Gasteiger partial charge in [-0.05, 0) is 30.2 Å². The summed E-state index contributed by atoms with van der Waals surface area (Å²) in [7, 11) is 0. The fraction of sp³-hybridized carbons (Fsp3) is 0.214. The van der Waals surface area contributed by atoms with Gasteiger partial charge in [0.15, 0.2) is 5.82 Å². The third-order valence-electron chi connectivity index (χ3n) is 2.45. The van der Waals surface area contributed by atoms with Crippen LogP contribution in [0.3, 0.4) is 0 Å². The molecule has 2 aromatic rings. The molecule has 0 aliphatic heterocycles. The van der Waals surface area contributed by atoms with E-state index < -0.39 is 5.82 Å². The zero-order chi connectivity index (χ0) is 13.0. The van der Waals surface area contributed by atoms with E-state index in [9.17, 15) is 4.39 Å². The van der Waals surface area contributed by atoms with Crippen LogP contribution in [-0.4, -0.2) is 4.98 Å². The third kappa shape index (κ3) is 3.20. The first-order chi connectivity index (χ1) is 8.69. The molecule has 0 saturated heterocycles. The average molecular weight is 266 g/mol. The van der Waals surface area contributed by atoms with E-state index in [1.165, 1.54) is 17.8 Å². The molecule has 0 unspecified atom stereocenters. The zero-order valence-corrected chi connectivity index (χ0v) is 10.7. The molecule has 0 aliphatic carbocycles. The Labute approximate surface area is 110 Å². The highest BCUT2D eigenvalue weighted by Crippen LogP contribution is 2.24. The summed E-state index contributed by atoms with van der Waals surface area (Å²) >= 11 is 5.62. The van der Waals surface area contributed by atoms with E-state index in [2.05, 4.69) is 11.9 Å². The summed E-state index contributed by atoms with van der Waals surface area (Å²) in [5.74, 6) is -0.0775. The highest BCUT2D eigenvalue weighted by Gasteiger charge is 2.07. The van der Waals surface area contributed by atoms with Crippen LogP contribution < -0.4 is 4.74 Å². The molecule has 1 heterocycles. The lowest BCUT2D eigenvalue weighted by Crippen LogP contribution is -1.92. The minimum Gasteiger partial charge on any atom is -0.436 e. The van der Waals surface area contributed by atoms with Gasteiger partial charge in [-0.15, -0.1) is 0 Å². The molecule has 2 nitrogen and oxygen atoms in total. The molecule has 0 radical (unpaired) electrons. The van der Waals surface area contributed by atoms with E-state index in [-0.39, 0.29) is 10.9 Å². The van der Waals surface area contributed by atoms with Crippen molar-refractivity contribution in [3.05, 3.63) is 52.9 Å². The predicted octanol–water partition coefficient (Wildman–Crippen LogP) is 4.62. The van der Waals surface area contributed by atoms with Crippen LogP contribution in [0.4, 0.5) is 4.39 Å². The van der Waals surface area contributed by atoms with Crippen molar-refractivity contribution in [3.8, 4) is 11.6 Å². The molecule has 0 N–H and O–H groups in total. The average Bonchev–Trinajstić information content (AvgIpc) is 2.35. The second-order valence-electron chi connectivity index (χ2n) is 3.94. The summed E-state index contributed by atoms with van der Waals surface area (Å²) < 4.78 is 18.8. The third-order valence-corrected chi connectivity index (χ3v) is 2.66. The molecule has 1 aromatic heterocycles. The van der Waals surface area contributed by atoms with Gasteiger partial charge in [-0.2, -0.15) is 0 Å². The molecular weight excluding hydrogens is 253 g/mol. The second-order valence-corrected chi connectivity index (χ2v) is 4.37. The van der Waals surface area contributed by atoms with Gasteiger partial charge in [0.05, 0.1) is 5.02 Å². The molecule has 1 aromatic carbocycles. The van der Waals surface area contributed by atoms with Crippen LogP contribution in [0.5, 0.6) is 11.6 Å². The highest BCUT2D eigenvalue weighted by atomic mass is 35.5. The van der Waals surface area contributed by atoms with Crippen molar-refractivity contribution < 1.29 is 9.13 Å². The number of ether oxygens (including phenoxy) is 1. The van der Waals surface area contributed by atoms with Crippen LogP contribution in [-0.2, 0) is 6.42 Å². The first kappa shape index (κ1) is 12.8. The first-order valence-corrected chi connectivity index (χ1v) is 6.14. The number of nitrogens with zero attached hydrogens (tertiary/aromatic N) is 1. The van der Waals surface area contributed by atoms with Gasteiger partial charge in [0.1, 0.15) is 5.75 Å². The second kappa shape index (κ2) is 5.83. The highest BCUT2D eigenvalue weighted by molar-refractivity contribution is 6.30. The number of pyridine rings is 1. The van der Waals surface area contributed by atoms with Gasteiger partial charge in [0.2, 0.25) is 0 Å². The molecule has 0 fully saturated rings. The molecule has 0 spiro atoms. The summed E-state index contributed by atoms with van der Waals surface area (Å²) in [4.78, 5) is 3.80. The van der Waals surface area contributed by atoms with Crippen LogP contribution in [0.15, 0.2) is 36.5 Å². The maximum atomic E-state index is 13.5. The first-order valence-electron chi connectivity index (χ1n) is 5.77. The van der Waals surface area contributed by atoms with Crippen LogP contribution in [0.1, 0.15) is 18.9 Å². The summed E-state index contributed by atoms with van der Waals surface area (Å²) in [6.45, 7) is 2.12. The Balaban J connectivity index is 2.13. The van der Waals surface area contributed by atoms with Crippen molar-refractivity contribution in [2.24, 2.45) is 0 Å². The Bertz CT molecular complexity index is 528. The standard InChI is InChI=1S/C14H13ClFNO/c1-2-3-10-4-6-12(7-5-10)18-14-13(16)8-11(15)9-17-14/h4-9H,2-3H2,1H3. The number of aromatic nitrogens is 1. The van der Waals surface area contributed by atoms with Crippen LogP contribution in [0.2, 0.25) is 5.02 Å². The number of halogens is 2. The molecule has 0 atom stereocenters. The maximum Gasteiger partial charge on any atom is 0.255 e. The lowest BCUT2D eigenvalue weighted by Gasteiger charge is -2.06. The molecule has 2 rings (SSSR count).